The molecule has 3 rings (SSSR count). The number of fused-ring (bicyclic) bond motifs is 1. The number of aliphatic hydroxyl groups is 1. The van der Waals surface area contributed by atoms with Gasteiger partial charge in [0.25, 0.3) is 0 Å². The first-order valence-corrected chi connectivity index (χ1v) is 8.56. The first-order chi connectivity index (χ1) is 10.6. The molecular weight excluding hydrogens is 294 g/mol. The molecule has 2 aliphatic rings. The smallest absolute Gasteiger partial charge is 0.195 e. The molecule has 1 aliphatic carbocycles. The fraction of sp³-hybridized carbons (Fsp3) is 0.389. The zero-order valence-electron chi connectivity index (χ0n) is 13.2. The second-order valence-corrected chi connectivity index (χ2v) is 6.99. The molecule has 1 N–H and O–H groups in total. The standard InChI is InChI=1S/C18H21NO2S/c1-4-5-10-19-11(2)12(3)22-18(19)15-16(20)13-8-6-7-9-14(13)17(15)21/h6-9,16,20H,4-5,10H2,1-3H3/b18-15-. The maximum absolute atomic E-state index is 12.8. The third kappa shape index (κ3) is 2.31. The van der Waals surface area contributed by atoms with E-state index in [2.05, 4.69) is 25.7 Å². The van der Waals surface area contributed by atoms with Crippen LogP contribution in [0.3, 0.4) is 0 Å². The van der Waals surface area contributed by atoms with E-state index < -0.39 is 6.10 Å². The topological polar surface area (TPSA) is 40.5 Å². The zero-order valence-corrected chi connectivity index (χ0v) is 14.0. The summed E-state index contributed by atoms with van der Waals surface area (Å²) in [4.78, 5) is 16.2. The van der Waals surface area contributed by atoms with Crippen molar-refractivity contribution in [3.05, 3.63) is 56.6 Å². The molecule has 1 aromatic rings. The Morgan fingerprint density at radius 1 is 1.27 bits per heavy atom. The van der Waals surface area contributed by atoms with Gasteiger partial charge in [0.2, 0.25) is 0 Å². The summed E-state index contributed by atoms with van der Waals surface area (Å²) in [6, 6.07) is 7.36. The van der Waals surface area contributed by atoms with E-state index in [9.17, 15) is 9.90 Å². The third-order valence-corrected chi connectivity index (χ3v) is 5.63. The van der Waals surface area contributed by atoms with E-state index in [0.29, 0.717) is 11.1 Å². The van der Waals surface area contributed by atoms with Gasteiger partial charge in [0.1, 0.15) is 6.10 Å². The van der Waals surface area contributed by atoms with E-state index >= 15 is 0 Å². The summed E-state index contributed by atoms with van der Waals surface area (Å²) >= 11 is 1.61. The number of hydrogen-bond acceptors (Lipinski definition) is 4. The van der Waals surface area contributed by atoms with Crippen LogP contribution in [-0.2, 0) is 0 Å². The Kier molecular flexibility index (Phi) is 4.15. The second kappa shape index (κ2) is 5.94. The Labute approximate surface area is 135 Å². The number of thioether (sulfide) groups is 1. The van der Waals surface area contributed by atoms with Gasteiger partial charge in [-0.2, -0.15) is 0 Å². The van der Waals surface area contributed by atoms with Gasteiger partial charge in [0.05, 0.1) is 10.6 Å². The third-order valence-electron chi connectivity index (χ3n) is 4.39. The quantitative estimate of drug-likeness (QED) is 0.848. The van der Waals surface area contributed by atoms with Crippen molar-refractivity contribution >= 4 is 17.5 Å². The van der Waals surface area contributed by atoms with Gasteiger partial charge in [0.15, 0.2) is 5.78 Å². The minimum atomic E-state index is -0.811. The molecule has 1 aliphatic heterocycles. The molecule has 1 unspecified atom stereocenters. The summed E-state index contributed by atoms with van der Waals surface area (Å²) < 4.78 is 0. The Bertz CT molecular complexity index is 690. The van der Waals surface area contributed by atoms with E-state index in [0.717, 1.165) is 30.0 Å². The number of nitrogens with zero attached hydrogens (tertiary/aromatic N) is 1. The molecule has 0 amide bonds. The van der Waals surface area contributed by atoms with Crippen molar-refractivity contribution in [2.75, 3.05) is 6.54 Å². The lowest BCUT2D eigenvalue weighted by Crippen LogP contribution is -2.21. The summed E-state index contributed by atoms with van der Waals surface area (Å²) in [5.41, 5.74) is 3.10. The highest BCUT2D eigenvalue weighted by atomic mass is 32.2. The predicted octanol–water partition coefficient (Wildman–Crippen LogP) is 4.23. The molecule has 0 spiro atoms. The van der Waals surface area contributed by atoms with Gasteiger partial charge < -0.3 is 10.0 Å². The Balaban J connectivity index is 2.05. The van der Waals surface area contributed by atoms with Gasteiger partial charge in [-0.3, -0.25) is 4.79 Å². The maximum Gasteiger partial charge on any atom is 0.195 e. The fourth-order valence-corrected chi connectivity index (χ4v) is 4.18. The van der Waals surface area contributed by atoms with Crippen LogP contribution in [0, 0.1) is 0 Å². The molecule has 1 heterocycles. The van der Waals surface area contributed by atoms with Gasteiger partial charge in [-0.25, -0.2) is 0 Å². The Morgan fingerprint density at radius 3 is 2.68 bits per heavy atom. The number of carbonyl (C=O) groups is 1. The van der Waals surface area contributed by atoms with Crippen LogP contribution in [0.25, 0.3) is 0 Å². The number of rotatable bonds is 3. The molecule has 0 saturated heterocycles. The molecule has 1 aromatic carbocycles. The van der Waals surface area contributed by atoms with E-state index in [4.69, 9.17) is 0 Å². The lowest BCUT2D eigenvalue weighted by molar-refractivity contribution is 0.101. The highest BCUT2D eigenvalue weighted by Gasteiger charge is 2.39. The first kappa shape index (κ1) is 15.4. The lowest BCUT2D eigenvalue weighted by Gasteiger charge is -2.23. The summed E-state index contributed by atoms with van der Waals surface area (Å²) in [6.45, 7) is 7.21. The van der Waals surface area contributed by atoms with Crippen LogP contribution in [0.4, 0.5) is 0 Å². The van der Waals surface area contributed by atoms with Crippen LogP contribution in [0.1, 0.15) is 55.6 Å². The Hall–Kier alpha value is -1.52. The van der Waals surface area contributed by atoms with E-state index in [1.54, 1.807) is 17.8 Å². The lowest BCUT2D eigenvalue weighted by atomic mass is 10.1. The number of Topliss-reactive ketones (excluding diaryl/α,β-unsaturated/α-hetero) is 1. The molecule has 1 atom stereocenters. The average Bonchev–Trinajstić information content (AvgIpc) is 2.93. The first-order valence-electron chi connectivity index (χ1n) is 7.75. The molecule has 0 aromatic heterocycles. The summed E-state index contributed by atoms with van der Waals surface area (Å²) in [6.07, 6.45) is 1.36. The van der Waals surface area contributed by atoms with Crippen molar-refractivity contribution < 1.29 is 9.90 Å². The molecule has 0 fully saturated rings. The van der Waals surface area contributed by atoms with Gasteiger partial charge >= 0.3 is 0 Å². The highest BCUT2D eigenvalue weighted by Crippen LogP contribution is 2.48. The number of benzene rings is 1. The van der Waals surface area contributed by atoms with Crippen LogP contribution >= 0.6 is 11.8 Å². The number of allylic oxidation sites excluding steroid dienone is 2. The van der Waals surface area contributed by atoms with Crippen molar-refractivity contribution in [1.29, 1.82) is 0 Å². The van der Waals surface area contributed by atoms with E-state index in [1.807, 2.05) is 18.2 Å². The monoisotopic (exact) mass is 315 g/mol. The van der Waals surface area contributed by atoms with Gasteiger partial charge in [-0.15, -0.1) is 0 Å². The number of unbranched alkanes of at least 4 members (excludes halogenated alkanes) is 1. The van der Waals surface area contributed by atoms with E-state index in [-0.39, 0.29) is 5.78 Å². The van der Waals surface area contributed by atoms with Gasteiger partial charge in [-0.1, -0.05) is 49.4 Å². The van der Waals surface area contributed by atoms with Crippen LogP contribution in [0.15, 0.2) is 45.5 Å². The second-order valence-electron chi connectivity index (χ2n) is 5.79. The van der Waals surface area contributed by atoms with E-state index in [1.165, 1.54) is 10.6 Å². The van der Waals surface area contributed by atoms with Crippen LogP contribution in [0.5, 0.6) is 0 Å². The maximum atomic E-state index is 12.8. The predicted molar refractivity (Wildman–Crippen MR) is 90.3 cm³/mol. The van der Waals surface area contributed by atoms with Crippen LogP contribution in [0.2, 0.25) is 0 Å². The van der Waals surface area contributed by atoms with Crippen molar-refractivity contribution in [3.63, 3.8) is 0 Å². The summed E-state index contributed by atoms with van der Waals surface area (Å²) in [7, 11) is 0. The summed E-state index contributed by atoms with van der Waals surface area (Å²) in [5, 5.41) is 11.6. The van der Waals surface area contributed by atoms with Crippen molar-refractivity contribution in [2.24, 2.45) is 0 Å². The van der Waals surface area contributed by atoms with Crippen molar-refractivity contribution in [1.82, 2.24) is 4.90 Å². The normalized spacial score (nSPS) is 24.5. The number of hydrogen-bond donors (Lipinski definition) is 1. The highest BCUT2D eigenvalue weighted by molar-refractivity contribution is 8.07. The van der Waals surface area contributed by atoms with Gasteiger partial charge in [-0.05, 0) is 25.8 Å². The molecular formula is C18H21NO2S. The number of ketones is 1. The molecule has 3 nitrogen and oxygen atoms in total. The SMILES string of the molecule is CCCCN1C(C)=C(C)S/C1=C1\C(=O)c2ccccc2C1O. The van der Waals surface area contributed by atoms with Crippen LogP contribution in [-0.4, -0.2) is 22.3 Å². The van der Waals surface area contributed by atoms with Gasteiger partial charge in [0, 0.05) is 22.7 Å². The largest absolute Gasteiger partial charge is 0.383 e. The molecule has 116 valence electrons. The molecule has 4 heteroatoms. The van der Waals surface area contributed by atoms with Crippen LogP contribution < -0.4 is 0 Å². The van der Waals surface area contributed by atoms with Crippen molar-refractivity contribution in [3.8, 4) is 0 Å². The zero-order chi connectivity index (χ0) is 15.9. The minimum Gasteiger partial charge on any atom is -0.383 e. The minimum absolute atomic E-state index is 0.0328. The number of carbonyl (C=O) groups excluding carboxylic acids is 1. The molecule has 22 heavy (non-hydrogen) atoms. The molecule has 0 radical (unpaired) electrons. The molecule has 0 saturated carbocycles. The van der Waals surface area contributed by atoms with Crippen molar-refractivity contribution in [2.45, 2.75) is 39.7 Å². The Morgan fingerprint density at radius 2 is 2.00 bits per heavy atom. The molecule has 0 bridgehead atoms. The summed E-state index contributed by atoms with van der Waals surface area (Å²) in [5.74, 6) is -0.0328. The fourth-order valence-electron chi connectivity index (χ4n) is 2.98. The average molecular weight is 315 g/mol. The number of aliphatic hydroxyl groups excluding tert-OH is 1.